The molecule has 0 saturated carbocycles. The molecule has 5 heteroatoms. The molecule has 0 N–H and O–H groups in total. The second-order valence-corrected chi connectivity index (χ2v) is 5.85. The van der Waals surface area contributed by atoms with Crippen molar-refractivity contribution in [2.45, 2.75) is 26.7 Å². The highest BCUT2D eigenvalue weighted by Crippen LogP contribution is 2.21. The molecule has 1 saturated heterocycles. The van der Waals surface area contributed by atoms with Crippen LogP contribution < -0.4 is 0 Å². The summed E-state index contributed by atoms with van der Waals surface area (Å²) in [6.45, 7) is 8.72. The van der Waals surface area contributed by atoms with Crippen molar-refractivity contribution in [2.24, 2.45) is 5.92 Å². The molecular weight excluding hydrogens is 286 g/mol. The number of amides is 1. The molecule has 1 amide bonds. The van der Waals surface area contributed by atoms with Crippen molar-refractivity contribution >= 4 is 5.91 Å². The Bertz CT molecular complexity index is 509. The van der Waals surface area contributed by atoms with E-state index in [2.05, 4.69) is 18.7 Å². The fraction of sp³-hybridized carbons (Fsp3) is 0.588. The predicted octanol–water partition coefficient (Wildman–Crippen LogP) is 3.16. The lowest BCUT2D eigenvalue weighted by Gasteiger charge is -2.34. The van der Waals surface area contributed by atoms with Gasteiger partial charge in [-0.3, -0.25) is 4.79 Å². The summed E-state index contributed by atoms with van der Waals surface area (Å²) >= 11 is 0. The topological polar surface area (TPSA) is 23.6 Å². The van der Waals surface area contributed by atoms with Crippen LogP contribution in [0.15, 0.2) is 18.2 Å². The monoisotopic (exact) mass is 310 g/mol. The van der Waals surface area contributed by atoms with Crippen molar-refractivity contribution < 1.29 is 13.6 Å². The molecule has 1 aromatic carbocycles. The van der Waals surface area contributed by atoms with E-state index >= 15 is 0 Å². The normalized spacial score (nSPS) is 16.3. The first kappa shape index (κ1) is 16.9. The van der Waals surface area contributed by atoms with Gasteiger partial charge in [-0.1, -0.05) is 13.8 Å². The summed E-state index contributed by atoms with van der Waals surface area (Å²) in [6.07, 6.45) is 1.87. The third-order valence-corrected chi connectivity index (χ3v) is 4.47. The van der Waals surface area contributed by atoms with Gasteiger partial charge in [0.15, 0.2) is 0 Å². The Morgan fingerprint density at radius 3 is 2.41 bits per heavy atom. The van der Waals surface area contributed by atoms with Crippen LogP contribution in [0.5, 0.6) is 0 Å². The summed E-state index contributed by atoms with van der Waals surface area (Å²) in [7, 11) is 0. The van der Waals surface area contributed by atoms with Crippen LogP contribution in [0, 0.1) is 17.6 Å². The molecular formula is C17H24F2N2O. The van der Waals surface area contributed by atoms with Crippen LogP contribution in [0.2, 0.25) is 0 Å². The zero-order chi connectivity index (χ0) is 16.1. The van der Waals surface area contributed by atoms with Crippen LogP contribution in [-0.4, -0.2) is 48.4 Å². The van der Waals surface area contributed by atoms with Crippen molar-refractivity contribution in [3.05, 3.63) is 35.4 Å². The minimum atomic E-state index is -0.782. The first-order chi connectivity index (χ1) is 10.5. The molecule has 3 nitrogen and oxygen atoms in total. The highest BCUT2D eigenvalue weighted by molar-refractivity contribution is 5.94. The Hall–Kier alpha value is -1.49. The minimum Gasteiger partial charge on any atom is -0.339 e. The fourth-order valence-electron chi connectivity index (χ4n) is 3.00. The third kappa shape index (κ3) is 4.03. The van der Waals surface area contributed by atoms with Crippen molar-refractivity contribution in [1.82, 2.24) is 9.80 Å². The number of carbonyl (C=O) groups is 1. The predicted molar refractivity (Wildman–Crippen MR) is 82.8 cm³/mol. The summed E-state index contributed by atoms with van der Waals surface area (Å²) in [5.74, 6) is -1.19. The number of benzene rings is 1. The van der Waals surface area contributed by atoms with Crippen molar-refractivity contribution in [3.63, 3.8) is 0 Å². The van der Waals surface area contributed by atoms with Crippen molar-refractivity contribution in [2.75, 3.05) is 32.7 Å². The van der Waals surface area contributed by atoms with E-state index in [0.717, 1.165) is 44.6 Å². The maximum Gasteiger partial charge on any atom is 0.256 e. The highest BCUT2D eigenvalue weighted by Gasteiger charge is 2.26. The number of hydrogen-bond donors (Lipinski definition) is 0. The Morgan fingerprint density at radius 1 is 1.23 bits per heavy atom. The second kappa shape index (κ2) is 7.68. The molecule has 0 unspecified atom stereocenters. The van der Waals surface area contributed by atoms with E-state index in [-0.39, 0.29) is 11.5 Å². The molecule has 22 heavy (non-hydrogen) atoms. The van der Waals surface area contributed by atoms with Crippen LogP contribution >= 0.6 is 0 Å². The van der Waals surface area contributed by atoms with E-state index in [1.165, 1.54) is 6.07 Å². The van der Waals surface area contributed by atoms with Crippen LogP contribution in [0.25, 0.3) is 0 Å². The molecule has 0 radical (unpaired) electrons. The smallest absolute Gasteiger partial charge is 0.256 e. The van der Waals surface area contributed by atoms with Crippen molar-refractivity contribution in [1.29, 1.82) is 0 Å². The summed E-state index contributed by atoms with van der Waals surface area (Å²) in [6, 6.07) is 3.12. The third-order valence-electron chi connectivity index (χ3n) is 4.47. The number of rotatable bonds is 5. The quantitative estimate of drug-likeness (QED) is 0.834. The van der Waals surface area contributed by atoms with Crippen LogP contribution in [-0.2, 0) is 0 Å². The number of nitrogens with zero attached hydrogens (tertiary/aromatic N) is 2. The summed E-state index contributed by atoms with van der Waals surface area (Å²) in [5, 5.41) is 0. The second-order valence-electron chi connectivity index (χ2n) is 5.85. The maximum atomic E-state index is 13.7. The van der Waals surface area contributed by atoms with Crippen LogP contribution in [0.1, 0.15) is 37.0 Å². The van der Waals surface area contributed by atoms with E-state index in [4.69, 9.17) is 0 Å². The van der Waals surface area contributed by atoms with Gasteiger partial charge >= 0.3 is 0 Å². The van der Waals surface area contributed by atoms with Gasteiger partial charge in [0, 0.05) is 25.7 Å². The molecule has 122 valence electrons. The van der Waals surface area contributed by atoms with E-state index < -0.39 is 11.6 Å². The molecule has 0 atom stereocenters. The van der Waals surface area contributed by atoms with E-state index in [0.29, 0.717) is 19.0 Å². The van der Waals surface area contributed by atoms with E-state index in [1.54, 1.807) is 4.90 Å². The van der Waals surface area contributed by atoms with Gasteiger partial charge < -0.3 is 9.80 Å². The first-order valence-corrected chi connectivity index (χ1v) is 8.01. The molecule has 1 aliphatic heterocycles. The average Bonchev–Trinajstić information content (AvgIpc) is 2.52. The number of piperidine rings is 1. The lowest BCUT2D eigenvalue weighted by Crippen LogP contribution is -2.41. The molecule has 0 spiro atoms. The Kier molecular flexibility index (Phi) is 5.89. The minimum absolute atomic E-state index is 0.0383. The van der Waals surface area contributed by atoms with Gasteiger partial charge in [0.1, 0.15) is 11.6 Å². The molecule has 1 aliphatic rings. The molecule has 2 rings (SSSR count). The van der Waals surface area contributed by atoms with Gasteiger partial charge in [-0.05, 0) is 44.0 Å². The SMILES string of the molecule is CCN(CC)CC1CCN(C(=O)c2ccc(F)cc2F)CC1. The Morgan fingerprint density at radius 2 is 1.86 bits per heavy atom. The van der Waals surface area contributed by atoms with E-state index in [9.17, 15) is 13.6 Å². The van der Waals surface area contributed by atoms with Gasteiger partial charge in [0.2, 0.25) is 0 Å². The fourth-order valence-corrected chi connectivity index (χ4v) is 3.00. The Labute approximate surface area is 130 Å². The molecule has 0 aliphatic carbocycles. The van der Waals surface area contributed by atoms with Gasteiger partial charge in [-0.2, -0.15) is 0 Å². The van der Waals surface area contributed by atoms with Crippen LogP contribution in [0.3, 0.4) is 0 Å². The van der Waals surface area contributed by atoms with Gasteiger partial charge in [-0.25, -0.2) is 8.78 Å². The Balaban J connectivity index is 1.92. The number of likely N-dealkylation sites (tertiary alicyclic amines) is 1. The molecule has 1 heterocycles. The van der Waals surface area contributed by atoms with Crippen LogP contribution in [0.4, 0.5) is 8.78 Å². The zero-order valence-corrected chi connectivity index (χ0v) is 13.3. The number of hydrogen-bond acceptors (Lipinski definition) is 2. The van der Waals surface area contributed by atoms with E-state index in [1.807, 2.05) is 0 Å². The largest absolute Gasteiger partial charge is 0.339 e. The molecule has 0 aromatic heterocycles. The van der Waals surface area contributed by atoms with Gasteiger partial charge in [0.05, 0.1) is 5.56 Å². The lowest BCUT2D eigenvalue weighted by molar-refractivity contribution is 0.0665. The number of carbonyl (C=O) groups excluding carboxylic acids is 1. The number of halogens is 2. The van der Waals surface area contributed by atoms with Gasteiger partial charge in [-0.15, -0.1) is 0 Å². The molecule has 1 aromatic rings. The summed E-state index contributed by atoms with van der Waals surface area (Å²) in [4.78, 5) is 16.4. The summed E-state index contributed by atoms with van der Waals surface area (Å²) < 4.78 is 26.6. The standard InChI is InChI=1S/C17H24F2N2O/c1-3-20(4-2)12-13-7-9-21(10-8-13)17(22)15-6-5-14(18)11-16(15)19/h5-6,11,13H,3-4,7-10,12H2,1-2H3. The summed E-state index contributed by atoms with van der Waals surface area (Å²) in [5.41, 5.74) is -0.0383. The van der Waals surface area contributed by atoms with Crippen molar-refractivity contribution in [3.8, 4) is 0 Å². The maximum absolute atomic E-state index is 13.7. The average molecular weight is 310 g/mol. The highest BCUT2D eigenvalue weighted by atomic mass is 19.1. The molecule has 1 fully saturated rings. The molecule has 0 bridgehead atoms. The lowest BCUT2D eigenvalue weighted by atomic mass is 9.95. The van der Waals surface area contributed by atoms with Gasteiger partial charge in [0.25, 0.3) is 5.91 Å². The first-order valence-electron chi connectivity index (χ1n) is 8.01. The zero-order valence-electron chi connectivity index (χ0n) is 13.3.